The van der Waals surface area contributed by atoms with Gasteiger partial charge in [-0.25, -0.2) is 0 Å². The first-order valence-corrected chi connectivity index (χ1v) is 7.88. The Morgan fingerprint density at radius 2 is 1.78 bits per heavy atom. The molecule has 0 amide bonds. The lowest BCUT2D eigenvalue weighted by atomic mass is 10.0. The monoisotopic (exact) mass is 386 g/mol. The molecule has 0 aliphatic carbocycles. The van der Waals surface area contributed by atoms with Crippen LogP contribution in [-0.4, -0.2) is 0 Å². The van der Waals surface area contributed by atoms with E-state index in [1.807, 2.05) is 12.1 Å². The van der Waals surface area contributed by atoms with Crippen LogP contribution >= 0.6 is 43.5 Å². The molecular formula is C15H13Br2Cl. The lowest BCUT2D eigenvalue weighted by molar-refractivity contribution is 1.11. The molecule has 0 bridgehead atoms. The molecule has 1 atom stereocenters. The van der Waals surface area contributed by atoms with Gasteiger partial charge in [-0.2, -0.15) is 0 Å². The molecule has 0 fully saturated rings. The number of rotatable bonds is 3. The fraction of sp³-hybridized carbons (Fsp3) is 0.200. The fourth-order valence-corrected chi connectivity index (χ4v) is 3.23. The smallest absolute Gasteiger partial charge is 0.0659 e. The van der Waals surface area contributed by atoms with Crippen molar-refractivity contribution in [2.75, 3.05) is 0 Å². The van der Waals surface area contributed by atoms with Crippen molar-refractivity contribution in [2.45, 2.75) is 18.2 Å². The van der Waals surface area contributed by atoms with Crippen LogP contribution < -0.4 is 0 Å². The maximum absolute atomic E-state index is 6.25. The van der Waals surface area contributed by atoms with Crippen molar-refractivity contribution in [1.82, 2.24) is 0 Å². The molecule has 0 radical (unpaired) electrons. The van der Waals surface area contributed by atoms with Gasteiger partial charge in [0.25, 0.3) is 0 Å². The maximum Gasteiger partial charge on any atom is 0.0659 e. The van der Waals surface area contributed by atoms with E-state index >= 15 is 0 Å². The first-order valence-electron chi connectivity index (χ1n) is 5.79. The van der Waals surface area contributed by atoms with Crippen LogP contribution in [0.1, 0.15) is 28.4 Å². The minimum Gasteiger partial charge on any atom is -0.0840 e. The van der Waals surface area contributed by atoms with Gasteiger partial charge in [-0.05, 0) is 41.3 Å². The molecule has 0 N–H and O–H groups in total. The average Bonchev–Trinajstić information content (AvgIpc) is 2.41. The number of halogens is 3. The fourth-order valence-electron chi connectivity index (χ4n) is 1.81. The summed E-state index contributed by atoms with van der Waals surface area (Å²) >= 11 is 13.4. The molecule has 0 saturated carbocycles. The molecule has 3 heteroatoms. The van der Waals surface area contributed by atoms with Crippen LogP contribution in [0.15, 0.2) is 46.9 Å². The van der Waals surface area contributed by atoms with Gasteiger partial charge in [0.1, 0.15) is 0 Å². The van der Waals surface area contributed by atoms with E-state index in [9.17, 15) is 0 Å². The summed E-state index contributed by atoms with van der Waals surface area (Å²) in [7, 11) is 0. The largest absolute Gasteiger partial charge is 0.0840 e. The Kier molecular flexibility index (Phi) is 4.88. The quantitative estimate of drug-likeness (QED) is 0.553. The molecule has 2 rings (SSSR count). The van der Waals surface area contributed by atoms with Gasteiger partial charge < -0.3 is 0 Å². The molecule has 0 heterocycles. The number of alkyl halides is 1. The van der Waals surface area contributed by atoms with Crippen molar-refractivity contribution < 1.29 is 0 Å². The molecule has 0 aromatic heterocycles. The Morgan fingerprint density at radius 1 is 1.11 bits per heavy atom. The summed E-state index contributed by atoms with van der Waals surface area (Å²) in [5.74, 6) is 0. The van der Waals surface area contributed by atoms with Crippen molar-refractivity contribution in [3.8, 4) is 0 Å². The van der Waals surface area contributed by atoms with Gasteiger partial charge in [-0.3, -0.25) is 0 Å². The molecule has 2 aromatic carbocycles. The Hall–Kier alpha value is -0.310. The van der Waals surface area contributed by atoms with Gasteiger partial charge >= 0.3 is 0 Å². The zero-order valence-corrected chi connectivity index (χ0v) is 13.9. The summed E-state index contributed by atoms with van der Waals surface area (Å²) in [5.41, 5.74) is 3.64. The van der Waals surface area contributed by atoms with Gasteiger partial charge in [-0.15, -0.1) is 0 Å². The molecule has 0 nitrogen and oxygen atoms in total. The first kappa shape index (κ1) is 14.1. The van der Waals surface area contributed by atoms with E-state index in [4.69, 9.17) is 11.6 Å². The molecular weight excluding hydrogens is 375 g/mol. The standard InChI is InChI=1S/C15H13Br2Cl/c1-2-10-3-5-11(6-4-10)15(17)13-9-12(16)7-8-14(13)18/h3-9,15H,2H2,1H3. The highest BCUT2D eigenvalue weighted by atomic mass is 79.9. The van der Waals surface area contributed by atoms with Crippen molar-refractivity contribution in [3.63, 3.8) is 0 Å². The van der Waals surface area contributed by atoms with Crippen LogP contribution in [-0.2, 0) is 6.42 Å². The van der Waals surface area contributed by atoms with Crippen LogP contribution in [0.5, 0.6) is 0 Å². The molecule has 18 heavy (non-hydrogen) atoms. The summed E-state index contributed by atoms with van der Waals surface area (Å²) in [6, 6.07) is 14.5. The topological polar surface area (TPSA) is 0 Å². The molecule has 0 aliphatic heterocycles. The van der Waals surface area contributed by atoms with Crippen LogP contribution in [0.25, 0.3) is 0 Å². The predicted octanol–water partition coefficient (Wildman–Crippen LogP) is 6.15. The van der Waals surface area contributed by atoms with Crippen LogP contribution in [0.2, 0.25) is 5.02 Å². The number of hydrogen-bond acceptors (Lipinski definition) is 0. The minimum atomic E-state index is 0.119. The average molecular weight is 389 g/mol. The number of aryl methyl sites for hydroxylation is 1. The van der Waals surface area contributed by atoms with E-state index in [0.717, 1.165) is 21.5 Å². The van der Waals surface area contributed by atoms with Crippen molar-refractivity contribution in [2.24, 2.45) is 0 Å². The van der Waals surface area contributed by atoms with Crippen LogP contribution in [0.3, 0.4) is 0 Å². The zero-order chi connectivity index (χ0) is 13.1. The van der Waals surface area contributed by atoms with Crippen molar-refractivity contribution >= 4 is 43.5 Å². The van der Waals surface area contributed by atoms with Crippen LogP contribution in [0.4, 0.5) is 0 Å². The van der Waals surface area contributed by atoms with E-state index in [-0.39, 0.29) is 4.83 Å². The number of benzene rings is 2. The van der Waals surface area contributed by atoms with Gasteiger partial charge in [0.05, 0.1) is 4.83 Å². The van der Waals surface area contributed by atoms with E-state index in [2.05, 4.69) is 69.1 Å². The SMILES string of the molecule is CCc1ccc(C(Br)c2cc(Br)ccc2Cl)cc1. The minimum absolute atomic E-state index is 0.119. The third-order valence-corrected chi connectivity index (χ3v) is 4.77. The van der Waals surface area contributed by atoms with Gasteiger partial charge in [-0.1, -0.05) is 74.7 Å². The van der Waals surface area contributed by atoms with E-state index in [0.29, 0.717) is 0 Å². The molecule has 94 valence electrons. The second-order valence-electron chi connectivity index (χ2n) is 4.12. The zero-order valence-electron chi connectivity index (χ0n) is 9.96. The highest BCUT2D eigenvalue weighted by molar-refractivity contribution is 9.10. The molecule has 2 aromatic rings. The molecule has 1 unspecified atom stereocenters. The van der Waals surface area contributed by atoms with Crippen molar-refractivity contribution in [1.29, 1.82) is 0 Å². The maximum atomic E-state index is 6.25. The van der Waals surface area contributed by atoms with E-state index in [1.54, 1.807) is 0 Å². The summed E-state index contributed by atoms with van der Waals surface area (Å²) in [6.07, 6.45) is 1.06. The molecule has 0 spiro atoms. The Balaban J connectivity index is 2.34. The molecule has 0 aliphatic rings. The third kappa shape index (κ3) is 3.17. The summed E-state index contributed by atoms with van der Waals surface area (Å²) in [6.45, 7) is 2.16. The van der Waals surface area contributed by atoms with Gasteiger partial charge in [0, 0.05) is 9.50 Å². The van der Waals surface area contributed by atoms with Gasteiger partial charge in [0.2, 0.25) is 0 Å². The summed E-state index contributed by atoms with van der Waals surface area (Å²) < 4.78 is 1.04. The highest BCUT2D eigenvalue weighted by Gasteiger charge is 2.14. The second-order valence-corrected chi connectivity index (χ2v) is 6.36. The van der Waals surface area contributed by atoms with Crippen molar-refractivity contribution in [3.05, 3.63) is 68.7 Å². The van der Waals surface area contributed by atoms with E-state index < -0.39 is 0 Å². The lowest BCUT2D eigenvalue weighted by Crippen LogP contribution is -1.94. The lowest BCUT2D eigenvalue weighted by Gasteiger charge is -2.13. The number of hydrogen-bond donors (Lipinski definition) is 0. The Morgan fingerprint density at radius 3 is 2.39 bits per heavy atom. The predicted molar refractivity (Wildman–Crippen MR) is 85.7 cm³/mol. The third-order valence-electron chi connectivity index (χ3n) is 2.91. The Bertz CT molecular complexity index is 535. The second kappa shape index (κ2) is 6.23. The van der Waals surface area contributed by atoms with Crippen LogP contribution in [0, 0.1) is 0 Å². The Labute approximate surface area is 130 Å². The summed E-state index contributed by atoms with van der Waals surface area (Å²) in [5, 5.41) is 0.777. The normalized spacial score (nSPS) is 12.4. The highest BCUT2D eigenvalue weighted by Crippen LogP contribution is 2.36. The van der Waals surface area contributed by atoms with E-state index in [1.165, 1.54) is 11.1 Å². The molecule has 0 saturated heterocycles. The summed E-state index contributed by atoms with van der Waals surface area (Å²) in [4.78, 5) is 0.119. The van der Waals surface area contributed by atoms with Gasteiger partial charge in [0.15, 0.2) is 0 Å². The first-order chi connectivity index (χ1) is 8.61.